The van der Waals surface area contributed by atoms with Crippen LogP contribution in [-0.4, -0.2) is 31.1 Å². The van der Waals surface area contributed by atoms with Gasteiger partial charge >= 0.3 is 0 Å². The topological polar surface area (TPSA) is 33.6 Å². The third-order valence-electron chi connectivity index (χ3n) is 3.61. The number of hydrogen-bond acceptors (Lipinski definition) is 3. The van der Waals surface area contributed by atoms with Crippen molar-refractivity contribution in [3.63, 3.8) is 0 Å². The Bertz CT molecular complexity index is 252. The molecule has 3 nitrogen and oxygen atoms in total. The molecule has 0 saturated carbocycles. The maximum absolute atomic E-state index is 5.89. The predicted molar refractivity (Wildman–Crippen MR) is 66.9 cm³/mol. The van der Waals surface area contributed by atoms with Gasteiger partial charge in [0.05, 0.1) is 0 Å². The van der Waals surface area contributed by atoms with Crippen molar-refractivity contribution in [2.45, 2.75) is 58.1 Å². The van der Waals surface area contributed by atoms with E-state index in [0.29, 0.717) is 18.1 Å². The predicted octanol–water partition coefficient (Wildman–Crippen LogP) is 2.36. The Kier molecular flexibility index (Phi) is 4.22. The van der Waals surface area contributed by atoms with Gasteiger partial charge in [-0.3, -0.25) is 0 Å². The van der Waals surface area contributed by atoms with E-state index >= 15 is 0 Å². The Labute approximate surface area is 98.7 Å². The summed E-state index contributed by atoms with van der Waals surface area (Å²) in [6, 6.07) is 0.396. The van der Waals surface area contributed by atoms with Crippen LogP contribution in [0.25, 0.3) is 0 Å². The fourth-order valence-corrected chi connectivity index (χ4v) is 2.48. The van der Waals surface area contributed by atoms with E-state index in [1.165, 1.54) is 32.1 Å². The van der Waals surface area contributed by atoms with Crippen molar-refractivity contribution < 1.29 is 4.74 Å². The van der Waals surface area contributed by atoms with E-state index < -0.39 is 0 Å². The molecular formula is C13H24N2O. The number of rotatable bonds is 6. The van der Waals surface area contributed by atoms with Crippen LogP contribution in [0.5, 0.6) is 0 Å². The number of hydrogen-bond donors (Lipinski definition) is 1. The number of nitrogens with zero attached hydrogens (tertiary/aromatic N) is 1. The van der Waals surface area contributed by atoms with Gasteiger partial charge in [0, 0.05) is 19.0 Å². The van der Waals surface area contributed by atoms with E-state index in [2.05, 4.69) is 24.2 Å². The zero-order valence-corrected chi connectivity index (χ0v) is 10.5. The highest BCUT2D eigenvalue weighted by Gasteiger charge is 2.36. The Morgan fingerprint density at radius 1 is 1.38 bits per heavy atom. The Hall–Kier alpha value is -0.570. The van der Waals surface area contributed by atoms with Gasteiger partial charge in [0.1, 0.15) is 12.1 Å². The van der Waals surface area contributed by atoms with Crippen molar-refractivity contribution in [2.75, 3.05) is 13.1 Å². The fraction of sp³-hybridized carbons (Fsp3) is 0.923. The zero-order valence-electron chi connectivity index (χ0n) is 10.5. The van der Waals surface area contributed by atoms with Gasteiger partial charge in [-0.15, -0.1) is 0 Å². The summed E-state index contributed by atoms with van der Waals surface area (Å²) in [6.45, 7) is 6.47. The first-order valence-corrected chi connectivity index (χ1v) is 6.76. The minimum absolute atomic E-state index is 0.327. The summed E-state index contributed by atoms with van der Waals surface area (Å²) >= 11 is 0. The standard InChI is InChI=1S/C13H24N2O/c1-3-4-5-6-7-10(2)13-15-11-8-14-9-12(11)16-13/h10-12,14H,3-9H2,1-2H3. The second-order valence-electron chi connectivity index (χ2n) is 5.10. The molecule has 0 aromatic heterocycles. The minimum atomic E-state index is 0.327. The van der Waals surface area contributed by atoms with Gasteiger partial charge in [-0.25, -0.2) is 4.99 Å². The SMILES string of the molecule is CCCCCCC(C)C1=NC2CNCC2O1. The van der Waals surface area contributed by atoms with E-state index in [-0.39, 0.29) is 0 Å². The molecule has 3 unspecified atom stereocenters. The maximum atomic E-state index is 5.89. The van der Waals surface area contributed by atoms with E-state index in [9.17, 15) is 0 Å². The van der Waals surface area contributed by atoms with Crippen LogP contribution in [0.3, 0.4) is 0 Å². The first-order valence-electron chi connectivity index (χ1n) is 6.76. The third kappa shape index (κ3) is 2.76. The van der Waals surface area contributed by atoms with Crippen LogP contribution in [0.2, 0.25) is 0 Å². The largest absolute Gasteiger partial charge is 0.474 e. The van der Waals surface area contributed by atoms with E-state index in [1.807, 2.05) is 0 Å². The first-order chi connectivity index (χ1) is 7.81. The molecule has 0 aliphatic carbocycles. The molecular weight excluding hydrogens is 200 g/mol. The van der Waals surface area contributed by atoms with Crippen molar-refractivity contribution in [2.24, 2.45) is 10.9 Å². The molecule has 3 heteroatoms. The molecule has 1 N–H and O–H groups in total. The molecule has 92 valence electrons. The fourth-order valence-electron chi connectivity index (χ4n) is 2.48. The van der Waals surface area contributed by atoms with Crippen molar-refractivity contribution in [1.29, 1.82) is 0 Å². The van der Waals surface area contributed by atoms with Crippen molar-refractivity contribution in [3.05, 3.63) is 0 Å². The van der Waals surface area contributed by atoms with E-state index in [0.717, 1.165) is 19.0 Å². The van der Waals surface area contributed by atoms with Gasteiger partial charge < -0.3 is 10.1 Å². The highest BCUT2D eigenvalue weighted by atomic mass is 16.5. The monoisotopic (exact) mass is 224 g/mol. The van der Waals surface area contributed by atoms with Crippen LogP contribution in [-0.2, 0) is 4.74 Å². The van der Waals surface area contributed by atoms with Gasteiger partial charge in [-0.05, 0) is 6.42 Å². The summed E-state index contributed by atoms with van der Waals surface area (Å²) in [5.74, 6) is 1.54. The van der Waals surface area contributed by atoms with Gasteiger partial charge in [0.25, 0.3) is 0 Å². The molecule has 1 saturated heterocycles. The molecule has 0 spiro atoms. The molecule has 0 radical (unpaired) electrons. The van der Waals surface area contributed by atoms with Gasteiger partial charge in [0.15, 0.2) is 5.90 Å². The smallest absolute Gasteiger partial charge is 0.187 e. The van der Waals surface area contributed by atoms with Crippen molar-refractivity contribution >= 4 is 5.90 Å². The number of nitrogens with one attached hydrogen (secondary N) is 1. The summed E-state index contributed by atoms with van der Waals surface area (Å²) < 4.78 is 5.89. The minimum Gasteiger partial charge on any atom is -0.474 e. The van der Waals surface area contributed by atoms with E-state index in [4.69, 9.17) is 4.74 Å². The quantitative estimate of drug-likeness (QED) is 0.703. The van der Waals surface area contributed by atoms with Crippen LogP contribution < -0.4 is 5.32 Å². The number of aliphatic imine (C=N–C) groups is 1. The molecule has 16 heavy (non-hydrogen) atoms. The van der Waals surface area contributed by atoms with Gasteiger partial charge in [-0.2, -0.15) is 0 Å². The molecule has 0 amide bonds. The molecule has 2 aliphatic rings. The second-order valence-corrected chi connectivity index (χ2v) is 5.10. The molecule has 3 atom stereocenters. The normalized spacial score (nSPS) is 29.8. The average Bonchev–Trinajstić information content (AvgIpc) is 2.83. The number of unbranched alkanes of at least 4 members (excludes halogenated alkanes) is 3. The van der Waals surface area contributed by atoms with Crippen LogP contribution in [0, 0.1) is 5.92 Å². The summed E-state index contributed by atoms with van der Waals surface area (Å²) in [7, 11) is 0. The highest BCUT2D eigenvalue weighted by molar-refractivity contribution is 5.80. The second kappa shape index (κ2) is 5.67. The lowest BCUT2D eigenvalue weighted by molar-refractivity contribution is 0.210. The van der Waals surface area contributed by atoms with E-state index in [1.54, 1.807) is 0 Å². The van der Waals surface area contributed by atoms with Crippen LogP contribution in [0.4, 0.5) is 0 Å². The maximum Gasteiger partial charge on any atom is 0.187 e. The van der Waals surface area contributed by atoms with Crippen LogP contribution in [0.1, 0.15) is 46.0 Å². The molecule has 2 heterocycles. The van der Waals surface area contributed by atoms with Crippen molar-refractivity contribution in [3.8, 4) is 0 Å². The summed E-state index contributed by atoms with van der Waals surface area (Å²) in [4.78, 5) is 4.68. The lowest BCUT2D eigenvalue weighted by atomic mass is 10.0. The van der Waals surface area contributed by atoms with Crippen molar-refractivity contribution in [1.82, 2.24) is 5.32 Å². The lowest BCUT2D eigenvalue weighted by Gasteiger charge is -2.13. The molecule has 0 aromatic carbocycles. The molecule has 0 bridgehead atoms. The first kappa shape index (κ1) is 11.9. The third-order valence-corrected chi connectivity index (χ3v) is 3.61. The molecule has 2 aliphatic heterocycles. The Morgan fingerprint density at radius 2 is 2.25 bits per heavy atom. The molecule has 2 rings (SSSR count). The summed E-state index contributed by atoms with van der Waals surface area (Å²) in [5, 5.41) is 3.31. The van der Waals surface area contributed by atoms with Gasteiger partial charge in [0.2, 0.25) is 0 Å². The number of fused-ring (bicyclic) bond motifs is 1. The lowest BCUT2D eigenvalue weighted by Crippen LogP contribution is -2.22. The summed E-state index contributed by atoms with van der Waals surface area (Å²) in [5.41, 5.74) is 0. The number of ether oxygens (including phenoxy) is 1. The highest BCUT2D eigenvalue weighted by Crippen LogP contribution is 2.23. The summed E-state index contributed by atoms with van der Waals surface area (Å²) in [6.07, 6.45) is 6.88. The Morgan fingerprint density at radius 3 is 3.00 bits per heavy atom. The zero-order chi connectivity index (χ0) is 11.4. The average molecular weight is 224 g/mol. The molecule has 0 aromatic rings. The van der Waals surface area contributed by atoms with Crippen LogP contribution in [0.15, 0.2) is 4.99 Å². The van der Waals surface area contributed by atoms with Gasteiger partial charge in [-0.1, -0.05) is 39.5 Å². The Balaban J connectivity index is 1.71. The van der Waals surface area contributed by atoms with Crippen LogP contribution >= 0.6 is 0 Å². The molecule has 1 fully saturated rings.